The van der Waals surface area contributed by atoms with E-state index in [0.717, 1.165) is 0 Å². The van der Waals surface area contributed by atoms with E-state index in [9.17, 15) is 8.78 Å². The minimum atomic E-state index is -2.57. The van der Waals surface area contributed by atoms with E-state index in [0.29, 0.717) is 0 Å². The molecule has 0 bridgehead atoms. The summed E-state index contributed by atoms with van der Waals surface area (Å²) in [6, 6.07) is 0. The predicted molar refractivity (Wildman–Crippen MR) is 13.1 cm³/mol. The molecule has 0 aliphatic rings. The topological polar surface area (TPSA) is 37.3 Å². The van der Waals surface area contributed by atoms with Crippen LogP contribution in [0.5, 0.6) is 0 Å². The molecule has 0 aromatic heterocycles. The van der Waals surface area contributed by atoms with Crippen molar-refractivity contribution in [2.45, 2.75) is 0 Å². The minimum Gasteiger partial charge on any atom is -0.477 e. The molecule has 1 radical (unpaired) electrons. The van der Waals surface area contributed by atoms with Gasteiger partial charge in [0.25, 0.3) is 0 Å². The first-order valence-corrected chi connectivity index (χ1v) is 1.06. The molecule has 0 amide bonds. The highest BCUT2D eigenvalue weighted by Gasteiger charge is 2.14. The number of carbonyl (C=O) groups is 1. The number of aliphatic carboxylic acids is 1. The standard InChI is InChI=1S/C2HF2O2/c3-1(4)2(5)6/h(H,5,6). The summed E-state index contributed by atoms with van der Waals surface area (Å²) >= 11 is 0. The molecular formula is C2HF2O2. The maximum Gasteiger partial charge on any atom is 0.415 e. The van der Waals surface area contributed by atoms with E-state index in [2.05, 4.69) is 0 Å². The summed E-state index contributed by atoms with van der Waals surface area (Å²) < 4.78 is 20.9. The maximum absolute atomic E-state index is 10.5. The third-order valence-electron chi connectivity index (χ3n) is 0.162. The monoisotopic (exact) mass is 95.0 g/mol. The van der Waals surface area contributed by atoms with Crippen molar-refractivity contribution >= 4 is 5.97 Å². The number of carboxylic acids is 1. The van der Waals surface area contributed by atoms with Gasteiger partial charge in [-0.25, -0.2) is 4.79 Å². The Morgan fingerprint density at radius 3 is 1.67 bits per heavy atom. The highest BCUT2D eigenvalue weighted by Crippen LogP contribution is 1.99. The van der Waals surface area contributed by atoms with E-state index in [1.54, 1.807) is 0 Å². The zero-order valence-electron chi connectivity index (χ0n) is 2.61. The number of rotatable bonds is 1. The molecule has 1 N–H and O–H groups in total. The lowest BCUT2D eigenvalue weighted by Crippen LogP contribution is -1.97. The van der Waals surface area contributed by atoms with Crippen molar-refractivity contribution in [1.82, 2.24) is 0 Å². The Morgan fingerprint density at radius 2 is 1.67 bits per heavy atom. The number of halogens is 2. The van der Waals surface area contributed by atoms with Crippen LogP contribution < -0.4 is 0 Å². The van der Waals surface area contributed by atoms with Crippen molar-refractivity contribution < 1.29 is 18.7 Å². The number of hydrogen-bond acceptors (Lipinski definition) is 1. The Balaban J connectivity index is 3.26. The maximum atomic E-state index is 10.5. The summed E-state index contributed by atoms with van der Waals surface area (Å²) in [5.41, 5.74) is 0. The van der Waals surface area contributed by atoms with Gasteiger partial charge in [0.1, 0.15) is 0 Å². The Bertz CT molecular complexity index is 60.6. The van der Waals surface area contributed by atoms with E-state index in [-0.39, 0.29) is 0 Å². The van der Waals surface area contributed by atoms with E-state index in [1.807, 2.05) is 0 Å². The SMILES string of the molecule is O=C(O)[C](F)F. The van der Waals surface area contributed by atoms with Gasteiger partial charge in [-0.05, 0) is 0 Å². The lowest BCUT2D eigenvalue weighted by molar-refractivity contribution is -0.141. The molecule has 0 aromatic rings. The van der Waals surface area contributed by atoms with Gasteiger partial charge in [-0.3, -0.25) is 0 Å². The summed E-state index contributed by atoms with van der Waals surface area (Å²) in [5.74, 6) is -2.16. The fourth-order valence-electron chi connectivity index (χ4n) is 0. The van der Waals surface area contributed by atoms with E-state index in [4.69, 9.17) is 9.90 Å². The first-order valence-electron chi connectivity index (χ1n) is 1.06. The van der Waals surface area contributed by atoms with Gasteiger partial charge in [0.05, 0.1) is 0 Å². The van der Waals surface area contributed by atoms with Crippen LogP contribution in [0, 0.1) is 6.43 Å². The largest absolute Gasteiger partial charge is 0.477 e. The van der Waals surface area contributed by atoms with Crippen LogP contribution in [0.25, 0.3) is 0 Å². The van der Waals surface area contributed by atoms with E-state index >= 15 is 0 Å². The Labute approximate surface area is 32.4 Å². The van der Waals surface area contributed by atoms with Gasteiger partial charge in [0, 0.05) is 0 Å². The zero-order chi connectivity index (χ0) is 5.15. The van der Waals surface area contributed by atoms with Crippen LogP contribution in [0.4, 0.5) is 8.78 Å². The smallest absolute Gasteiger partial charge is 0.415 e. The lowest BCUT2D eigenvalue weighted by atomic mass is 10.7. The van der Waals surface area contributed by atoms with Gasteiger partial charge < -0.3 is 5.11 Å². The third-order valence-corrected chi connectivity index (χ3v) is 0.162. The van der Waals surface area contributed by atoms with Gasteiger partial charge in [-0.2, -0.15) is 8.78 Å². The van der Waals surface area contributed by atoms with Crippen LogP contribution >= 0.6 is 0 Å². The second kappa shape index (κ2) is 1.69. The molecule has 2 nitrogen and oxygen atoms in total. The predicted octanol–water partition coefficient (Wildman–Crippen LogP) is 0.499. The fraction of sp³-hybridized carbons (Fsp3) is 0. The Hall–Kier alpha value is -0.670. The second-order valence-electron chi connectivity index (χ2n) is 0.566. The molecule has 0 saturated carbocycles. The van der Waals surface area contributed by atoms with Crippen LogP contribution in [-0.2, 0) is 4.79 Å². The highest BCUT2D eigenvalue weighted by atomic mass is 19.3. The second-order valence-corrected chi connectivity index (χ2v) is 0.566. The average Bonchev–Trinajstić information content (AvgIpc) is 1.36. The van der Waals surface area contributed by atoms with Crippen LogP contribution in [-0.4, -0.2) is 11.1 Å². The van der Waals surface area contributed by atoms with Crippen LogP contribution in [0.15, 0.2) is 0 Å². The minimum absolute atomic E-state index is 2.16. The molecule has 0 saturated heterocycles. The summed E-state index contributed by atoms with van der Waals surface area (Å²) in [7, 11) is 0. The molecule has 0 atom stereocenters. The summed E-state index contributed by atoms with van der Waals surface area (Å²) in [4.78, 5) is 8.91. The Morgan fingerprint density at radius 1 is 1.50 bits per heavy atom. The molecule has 0 aliphatic heterocycles. The molecule has 0 heterocycles. The molecule has 4 heteroatoms. The van der Waals surface area contributed by atoms with Gasteiger partial charge in [-0.1, -0.05) is 0 Å². The summed E-state index contributed by atoms with van der Waals surface area (Å²) in [5, 5.41) is 7.20. The van der Waals surface area contributed by atoms with Crippen molar-refractivity contribution in [2.24, 2.45) is 0 Å². The molecule has 35 valence electrons. The molecule has 0 rings (SSSR count). The molecule has 0 fully saturated rings. The number of carboxylic acid groups (broad SMARTS) is 1. The molecule has 0 spiro atoms. The van der Waals surface area contributed by atoms with Crippen LogP contribution in [0.1, 0.15) is 0 Å². The van der Waals surface area contributed by atoms with Crippen LogP contribution in [0.3, 0.4) is 0 Å². The molecular weight excluding hydrogens is 94.0 g/mol. The molecule has 0 aromatic carbocycles. The normalized spacial score (nSPS) is 9.17. The van der Waals surface area contributed by atoms with E-state index < -0.39 is 12.4 Å². The fourth-order valence-corrected chi connectivity index (χ4v) is 0. The Kier molecular flexibility index (Phi) is 1.50. The molecule has 6 heavy (non-hydrogen) atoms. The van der Waals surface area contributed by atoms with Crippen molar-refractivity contribution in [1.29, 1.82) is 0 Å². The molecule has 0 unspecified atom stereocenters. The van der Waals surface area contributed by atoms with Gasteiger partial charge in [0.2, 0.25) is 0 Å². The van der Waals surface area contributed by atoms with Gasteiger partial charge >= 0.3 is 12.4 Å². The van der Waals surface area contributed by atoms with Crippen molar-refractivity contribution in [3.63, 3.8) is 0 Å². The molecule has 0 aliphatic carbocycles. The lowest BCUT2D eigenvalue weighted by Gasteiger charge is -1.78. The van der Waals surface area contributed by atoms with Gasteiger partial charge in [-0.15, -0.1) is 0 Å². The van der Waals surface area contributed by atoms with Crippen molar-refractivity contribution in [2.75, 3.05) is 0 Å². The third kappa shape index (κ3) is 1.63. The quantitative estimate of drug-likeness (QED) is 0.514. The van der Waals surface area contributed by atoms with Gasteiger partial charge in [0.15, 0.2) is 0 Å². The van der Waals surface area contributed by atoms with Crippen molar-refractivity contribution in [3.05, 3.63) is 6.43 Å². The summed E-state index contributed by atoms with van der Waals surface area (Å²) in [6.45, 7) is 0. The number of hydrogen-bond donors (Lipinski definition) is 1. The van der Waals surface area contributed by atoms with Crippen molar-refractivity contribution in [3.8, 4) is 0 Å². The first-order chi connectivity index (χ1) is 2.64. The zero-order valence-corrected chi connectivity index (χ0v) is 2.61. The first kappa shape index (κ1) is 5.33. The average molecular weight is 95.0 g/mol. The van der Waals surface area contributed by atoms with Crippen LogP contribution in [0.2, 0.25) is 0 Å². The summed E-state index contributed by atoms with van der Waals surface area (Å²) in [6.07, 6.45) is -2.57. The highest BCUT2D eigenvalue weighted by molar-refractivity contribution is 5.77. The van der Waals surface area contributed by atoms with E-state index in [1.165, 1.54) is 0 Å².